The maximum Gasteiger partial charge on any atom is 0.192 e. The molecule has 1 aromatic carbocycles. The second-order valence-corrected chi connectivity index (χ2v) is 8.68. The lowest BCUT2D eigenvalue weighted by Gasteiger charge is -2.28. The number of aromatic nitrogens is 3. The first-order valence-electron chi connectivity index (χ1n) is 9.94. The Morgan fingerprint density at radius 3 is 2.93 bits per heavy atom. The number of para-hydroxylation sites is 1. The maximum absolute atomic E-state index is 5.80. The average Bonchev–Trinajstić information content (AvgIpc) is 3.35. The molecule has 0 spiro atoms. The molecule has 1 saturated heterocycles. The predicted octanol–water partition coefficient (Wildman–Crippen LogP) is 3.20. The Labute approximate surface area is 193 Å². The van der Waals surface area contributed by atoms with E-state index >= 15 is 0 Å². The van der Waals surface area contributed by atoms with Crippen molar-refractivity contribution in [3.8, 4) is 5.75 Å². The van der Waals surface area contributed by atoms with E-state index < -0.39 is 0 Å². The average molecular weight is 528 g/mol. The highest BCUT2D eigenvalue weighted by Crippen LogP contribution is 2.31. The summed E-state index contributed by atoms with van der Waals surface area (Å²) in [6.07, 6.45) is 3.50. The maximum atomic E-state index is 5.80. The Bertz CT molecular complexity index is 836. The summed E-state index contributed by atoms with van der Waals surface area (Å²) in [6.45, 7) is 4.09. The normalized spacial score (nSPS) is 21.1. The number of aryl methyl sites for hydroxylation is 1. The Kier molecular flexibility index (Phi) is 8.05. The zero-order valence-corrected chi connectivity index (χ0v) is 20.1. The van der Waals surface area contributed by atoms with E-state index in [0.29, 0.717) is 18.4 Å². The van der Waals surface area contributed by atoms with Crippen LogP contribution in [0.15, 0.2) is 29.3 Å². The van der Waals surface area contributed by atoms with E-state index in [-0.39, 0.29) is 30.0 Å². The minimum absolute atomic E-state index is 0. The number of guanidine groups is 1. The van der Waals surface area contributed by atoms with E-state index in [4.69, 9.17) is 9.73 Å². The van der Waals surface area contributed by atoms with Gasteiger partial charge in [0.2, 0.25) is 0 Å². The zero-order chi connectivity index (χ0) is 19.3. The molecule has 0 radical (unpaired) electrons. The molecule has 9 heteroatoms. The summed E-state index contributed by atoms with van der Waals surface area (Å²) >= 11 is 2.05. The number of nitrogens with one attached hydrogen (secondary N) is 2. The molecule has 0 saturated carbocycles. The van der Waals surface area contributed by atoms with Crippen molar-refractivity contribution < 1.29 is 4.74 Å². The number of halogens is 1. The lowest BCUT2D eigenvalue weighted by Crippen LogP contribution is -2.43. The minimum Gasteiger partial charge on any atom is -0.493 e. The van der Waals surface area contributed by atoms with E-state index in [9.17, 15) is 0 Å². The molecule has 0 amide bonds. The van der Waals surface area contributed by atoms with Crippen LogP contribution in [0.25, 0.3) is 0 Å². The number of thioether (sulfide) groups is 1. The fourth-order valence-electron chi connectivity index (χ4n) is 3.56. The molecular formula is C20H29IN6OS. The quantitative estimate of drug-likeness (QED) is 0.353. The van der Waals surface area contributed by atoms with Gasteiger partial charge in [-0.2, -0.15) is 11.8 Å². The van der Waals surface area contributed by atoms with Crippen LogP contribution in [0.5, 0.6) is 5.75 Å². The predicted molar refractivity (Wildman–Crippen MR) is 128 cm³/mol. The molecule has 2 aliphatic rings. The molecule has 2 unspecified atom stereocenters. The molecule has 2 aromatic rings. The monoisotopic (exact) mass is 528 g/mol. The first-order valence-corrected chi connectivity index (χ1v) is 11.0. The molecule has 1 fully saturated rings. The Morgan fingerprint density at radius 1 is 1.31 bits per heavy atom. The highest BCUT2D eigenvalue weighted by molar-refractivity contribution is 14.0. The van der Waals surface area contributed by atoms with Crippen LogP contribution >= 0.6 is 35.7 Å². The number of nitrogens with zero attached hydrogens (tertiary/aromatic N) is 4. The molecule has 2 N–H and O–H groups in total. The number of benzene rings is 1. The molecule has 2 aliphatic heterocycles. The van der Waals surface area contributed by atoms with E-state index in [1.165, 1.54) is 24.2 Å². The van der Waals surface area contributed by atoms with Gasteiger partial charge in [0.1, 0.15) is 18.1 Å². The molecule has 7 nitrogen and oxygen atoms in total. The summed E-state index contributed by atoms with van der Waals surface area (Å²) in [5.41, 5.74) is 1.19. The standard InChI is InChI=1S/C20H28N6OS.HI/c1-14-24-25-19(26(14)2)13-22-20(21-12-15-6-5-11-28-15)23-17-9-10-27-18-8-4-3-7-16(17)18;/h3-4,7-8,15,17H,5-6,9-13H2,1-2H3,(H2,21,22,23);1H. The third-order valence-electron chi connectivity index (χ3n) is 5.35. The summed E-state index contributed by atoms with van der Waals surface area (Å²) in [5.74, 6) is 4.81. The summed E-state index contributed by atoms with van der Waals surface area (Å²) in [5, 5.41) is 16.2. The third kappa shape index (κ3) is 5.56. The number of ether oxygens (including phenoxy) is 1. The topological polar surface area (TPSA) is 76.4 Å². The lowest BCUT2D eigenvalue weighted by atomic mass is 10.0. The van der Waals surface area contributed by atoms with Crippen molar-refractivity contribution in [3.05, 3.63) is 41.5 Å². The van der Waals surface area contributed by atoms with Crippen LogP contribution in [0, 0.1) is 6.92 Å². The van der Waals surface area contributed by atoms with Crippen molar-refractivity contribution in [1.29, 1.82) is 0 Å². The smallest absolute Gasteiger partial charge is 0.192 e. The number of hydrogen-bond donors (Lipinski definition) is 2. The number of fused-ring (bicyclic) bond motifs is 1. The van der Waals surface area contributed by atoms with E-state index in [1.807, 2.05) is 42.4 Å². The van der Waals surface area contributed by atoms with Gasteiger partial charge in [-0.1, -0.05) is 18.2 Å². The zero-order valence-electron chi connectivity index (χ0n) is 16.9. The molecule has 1 aromatic heterocycles. The van der Waals surface area contributed by atoms with E-state index in [1.54, 1.807) is 0 Å². The largest absolute Gasteiger partial charge is 0.493 e. The molecule has 3 heterocycles. The molecule has 29 heavy (non-hydrogen) atoms. The Balaban J connectivity index is 0.00000240. The van der Waals surface area contributed by atoms with Gasteiger partial charge in [-0.15, -0.1) is 34.2 Å². The first-order chi connectivity index (χ1) is 13.7. The van der Waals surface area contributed by atoms with Crippen LogP contribution in [0.1, 0.15) is 42.5 Å². The Morgan fingerprint density at radius 2 is 2.17 bits per heavy atom. The SMILES string of the molecule is Cc1nnc(CN=C(NCC2CCCS2)NC2CCOc3ccccc32)n1C.I. The van der Waals surface area contributed by atoms with Gasteiger partial charge in [0, 0.05) is 30.8 Å². The van der Waals surface area contributed by atoms with Crippen LogP contribution < -0.4 is 15.4 Å². The van der Waals surface area contributed by atoms with Crippen LogP contribution in [0.2, 0.25) is 0 Å². The van der Waals surface area contributed by atoms with Crippen molar-refractivity contribution >= 4 is 41.7 Å². The minimum atomic E-state index is 0. The van der Waals surface area contributed by atoms with Gasteiger partial charge in [-0.25, -0.2) is 4.99 Å². The fraction of sp³-hybridized carbons (Fsp3) is 0.550. The molecule has 4 rings (SSSR count). The molecular weight excluding hydrogens is 499 g/mol. The summed E-state index contributed by atoms with van der Waals surface area (Å²) < 4.78 is 7.78. The number of rotatable bonds is 5. The lowest BCUT2D eigenvalue weighted by molar-refractivity contribution is 0.261. The molecule has 2 atom stereocenters. The van der Waals surface area contributed by atoms with Gasteiger partial charge in [-0.05, 0) is 31.6 Å². The van der Waals surface area contributed by atoms with Gasteiger partial charge in [-0.3, -0.25) is 0 Å². The summed E-state index contributed by atoms with van der Waals surface area (Å²) in [7, 11) is 1.98. The van der Waals surface area contributed by atoms with Crippen LogP contribution in [-0.2, 0) is 13.6 Å². The van der Waals surface area contributed by atoms with Crippen molar-refractivity contribution in [2.24, 2.45) is 12.0 Å². The summed E-state index contributed by atoms with van der Waals surface area (Å²) in [6, 6.07) is 8.42. The third-order valence-corrected chi connectivity index (χ3v) is 6.75. The summed E-state index contributed by atoms with van der Waals surface area (Å²) in [4.78, 5) is 4.82. The number of hydrogen-bond acceptors (Lipinski definition) is 5. The van der Waals surface area contributed by atoms with Gasteiger partial charge >= 0.3 is 0 Å². The van der Waals surface area contributed by atoms with Gasteiger partial charge < -0.3 is 19.9 Å². The molecule has 0 aliphatic carbocycles. The molecule has 158 valence electrons. The second kappa shape index (κ2) is 10.5. The highest BCUT2D eigenvalue weighted by atomic mass is 127. The van der Waals surface area contributed by atoms with Gasteiger partial charge in [0.15, 0.2) is 11.8 Å². The van der Waals surface area contributed by atoms with E-state index in [0.717, 1.165) is 36.3 Å². The van der Waals surface area contributed by atoms with Gasteiger partial charge in [0.25, 0.3) is 0 Å². The molecule has 0 bridgehead atoms. The number of aliphatic imine (C=N–C) groups is 1. The fourth-order valence-corrected chi connectivity index (χ4v) is 4.77. The van der Waals surface area contributed by atoms with E-state index in [2.05, 4.69) is 33.0 Å². The van der Waals surface area contributed by atoms with Crippen molar-refractivity contribution in [3.63, 3.8) is 0 Å². The van der Waals surface area contributed by atoms with Crippen molar-refractivity contribution in [2.75, 3.05) is 18.9 Å². The van der Waals surface area contributed by atoms with Crippen LogP contribution in [0.3, 0.4) is 0 Å². The van der Waals surface area contributed by atoms with Crippen molar-refractivity contribution in [2.45, 2.75) is 44.0 Å². The second-order valence-electron chi connectivity index (χ2n) is 7.28. The van der Waals surface area contributed by atoms with Crippen LogP contribution in [-0.4, -0.2) is 44.9 Å². The van der Waals surface area contributed by atoms with Gasteiger partial charge in [0.05, 0.1) is 12.6 Å². The van der Waals surface area contributed by atoms with Crippen molar-refractivity contribution in [1.82, 2.24) is 25.4 Å². The first kappa shape index (κ1) is 22.2. The van der Waals surface area contributed by atoms with Crippen LogP contribution in [0.4, 0.5) is 0 Å². The highest BCUT2D eigenvalue weighted by Gasteiger charge is 2.23. The Hall–Kier alpha value is -1.49.